The fraction of sp³-hybridized carbons (Fsp3) is 0.529. The van der Waals surface area contributed by atoms with E-state index in [2.05, 4.69) is 22.9 Å². The minimum absolute atomic E-state index is 0.266. The number of hydrogen-bond acceptors (Lipinski definition) is 2. The zero-order chi connectivity index (χ0) is 13.9. The molecule has 2 aliphatic rings. The number of pyridine rings is 1. The molecule has 0 spiro atoms. The Hall–Kier alpha value is -1.64. The SMILES string of the molecule is CC1CCC(C(=O)N2CCC=C(c3ccncc3)C2)C1. The fourth-order valence-electron chi connectivity index (χ4n) is 3.40. The van der Waals surface area contributed by atoms with Crippen LogP contribution in [0.15, 0.2) is 30.6 Å². The lowest BCUT2D eigenvalue weighted by Crippen LogP contribution is -2.38. The maximum atomic E-state index is 12.6. The van der Waals surface area contributed by atoms with Gasteiger partial charge < -0.3 is 4.90 Å². The van der Waals surface area contributed by atoms with Crippen molar-refractivity contribution in [1.82, 2.24) is 9.88 Å². The van der Waals surface area contributed by atoms with Gasteiger partial charge in [0.25, 0.3) is 0 Å². The molecular formula is C17H22N2O. The molecule has 3 rings (SSSR count). The Bertz CT molecular complexity index is 509. The van der Waals surface area contributed by atoms with Crippen molar-refractivity contribution in [3.8, 4) is 0 Å². The Labute approximate surface area is 120 Å². The fourth-order valence-corrected chi connectivity index (χ4v) is 3.40. The first-order chi connectivity index (χ1) is 9.74. The molecule has 1 aromatic rings. The maximum absolute atomic E-state index is 12.6. The molecule has 1 aromatic heterocycles. The van der Waals surface area contributed by atoms with Crippen molar-refractivity contribution in [2.24, 2.45) is 11.8 Å². The van der Waals surface area contributed by atoms with Gasteiger partial charge in [0.15, 0.2) is 0 Å². The van der Waals surface area contributed by atoms with Crippen molar-refractivity contribution >= 4 is 11.5 Å². The third-order valence-corrected chi connectivity index (χ3v) is 4.56. The van der Waals surface area contributed by atoms with Gasteiger partial charge in [-0.05, 0) is 54.9 Å². The lowest BCUT2D eigenvalue weighted by atomic mass is 9.99. The quantitative estimate of drug-likeness (QED) is 0.827. The van der Waals surface area contributed by atoms with Crippen molar-refractivity contribution in [3.05, 3.63) is 36.2 Å². The highest BCUT2D eigenvalue weighted by atomic mass is 16.2. The average molecular weight is 270 g/mol. The van der Waals surface area contributed by atoms with Gasteiger partial charge in [0.05, 0.1) is 0 Å². The molecule has 0 saturated heterocycles. The predicted molar refractivity (Wildman–Crippen MR) is 79.9 cm³/mol. The normalized spacial score (nSPS) is 26.4. The molecule has 0 bridgehead atoms. The Balaban J connectivity index is 1.68. The number of amides is 1. The number of rotatable bonds is 2. The summed E-state index contributed by atoms with van der Waals surface area (Å²) in [5.41, 5.74) is 2.45. The summed E-state index contributed by atoms with van der Waals surface area (Å²) >= 11 is 0. The van der Waals surface area contributed by atoms with E-state index in [9.17, 15) is 4.79 Å². The van der Waals surface area contributed by atoms with Crippen LogP contribution in [-0.4, -0.2) is 28.9 Å². The maximum Gasteiger partial charge on any atom is 0.226 e. The molecule has 1 aliphatic heterocycles. The van der Waals surface area contributed by atoms with E-state index in [0.717, 1.165) is 32.4 Å². The van der Waals surface area contributed by atoms with Crippen molar-refractivity contribution in [1.29, 1.82) is 0 Å². The molecule has 2 heterocycles. The van der Waals surface area contributed by atoms with Crippen molar-refractivity contribution < 1.29 is 4.79 Å². The number of aromatic nitrogens is 1. The van der Waals surface area contributed by atoms with E-state index in [-0.39, 0.29) is 5.92 Å². The first-order valence-corrected chi connectivity index (χ1v) is 7.62. The molecule has 2 unspecified atom stereocenters. The van der Waals surface area contributed by atoms with Gasteiger partial charge >= 0.3 is 0 Å². The second-order valence-electron chi connectivity index (χ2n) is 6.13. The topological polar surface area (TPSA) is 33.2 Å². The molecular weight excluding hydrogens is 248 g/mol. The number of hydrogen-bond donors (Lipinski definition) is 0. The average Bonchev–Trinajstić information content (AvgIpc) is 2.94. The summed E-state index contributed by atoms with van der Waals surface area (Å²) in [5.74, 6) is 1.35. The largest absolute Gasteiger partial charge is 0.338 e. The summed E-state index contributed by atoms with van der Waals surface area (Å²) in [6, 6.07) is 4.05. The Morgan fingerprint density at radius 2 is 2.10 bits per heavy atom. The van der Waals surface area contributed by atoms with Crippen LogP contribution in [0, 0.1) is 11.8 Å². The van der Waals surface area contributed by atoms with Crippen LogP contribution in [-0.2, 0) is 4.79 Å². The predicted octanol–water partition coefficient (Wildman–Crippen LogP) is 3.13. The molecule has 20 heavy (non-hydrogen) atoms. The van der Waals surface area contributed by atoms with Gasteiger partial charge in [-0.2, -0.15) is 0 Å². The highest BCUT2D eigenvalue weighted by Gasteiger charge is 2.31. The van der Waals surface area contributed by atoms with Gasteiger partial charge in [-0.1, -0.05) is 13.0 Å². The summed E-state index contributed by atoms with van der Waals surface area (Å²) in [7, 11) is 0. The van der Waals surface area contributed by atoms with Gasteiger partial charge in [-0.15, -0.1) is 0 Å². The monoisotopic (exact) mass is 270 g/mol. The zero-order valence-corrected chi connectivity index (χ0v) is 12.1. The molecule has 3 heteroatoms. The van der Waals surface area contributed by atoms with Crippen LogP contribution in [0.25, 0.3) is 5.57 Å². The molecule has 106 valence electrons. The Morgan fingerprint density at radius 3 is 2.80 bits per heavy atom. The highest BCUT2D eigenvalue weighted by molar-refractivity contribution is 5.82. The van der Waals surface area contributed by atoms with E-state index < -0.39 is 0 Å². The Kier molecular flexibility index (Phi) is 3.86. The van der Waals surface area contributed by atoms with E-state index in [4.69, 9.17) is 0 Å². The third-order valence-electron chi connectivity index (χ3n) is 4.56. The number of nitrogens with zero attached hydrogens (tertiary/aromatic N) is 2. The number of carbonyl (C=O) groups excluding carboxylic acids is 1. The molecule has 0 radical (unpaired) electrons. The smallest absolute Gasteiger partial charge is 0.226 e. The van der Waals surface area contributed by atoms with Crippen LogP contribution >= 0.6 is 0 Å². The van der Waals surface area contributed by atoms with Gasteiger partial charge in [-0.3, -0.25) is 9.78 Å². The van der Waals surface area contributed by atoms with Crippen LogP contribution in [0.1, 0.15) is 38.2 Å². The molecule has 1 aliphatic carbocycles. The van der Waals surface area contributed by atoms with Crippen molar-refractivity contribution in [2.75, 3.05) is 13.1 Å². The highest BCUT2D eigenvalue weighted by Crippen LogP contribution is 2.32. The lowest BCUT2D eigenvalue weighted by molar-refractivity contribution is -0.134. The van der Waals surface area contributed by atoms with E-state index in [1.165, 1.54) is 17.6 Å². The van der Waals surface area contributed by atoms with Crippen LogP contribution in [0.4, 0.5) is 0 Å². The van der Waals surface area contributed by atoms with E-state index >= 15 is 0 Å². The molecule has 3 nitrogen and oxygen atoms in total. The molecule has 1 saturated carbocycles. The molecule has 0 N–H and O–H groups in total. The van der Waals surface area contributed by atoms with Gasteiger partial charge in [-0.25, -0.2) is 0 Å². The standard InChI is InChI=1S/C17H22N2O/c1-13-4-5-15(11-13)17(20)19-10-2-3-16(12-19)14-6-8-18-9-7-14/h3,6-9,13,15H,2,4-5,10-12H2,1H3. The van der Waals surface area contributed by atoms with Crippen molar-refractivity contribution in [3.63, 3.8) is 0 Å². The minimum Gasteiger partial charge on any atom is -0.338 e. The van der Waals surface area contributed by atoms with Crippen molar-refractivity contribution in [2.45, 2.75) is 32.6 Å². The zero-order valence-electron chi connectivity index (χ0n) is 12.1. The first-order valence-electron chi connectivity index (χ1n) is 7.62. The molecule has 0 aromatic carbocycles. The van der Waals surface area contributed by atoms with E-state index in [1.54, 1.807) is 0 Å². The summed E-state index contributed by atoms with van der Waals surface area (Å²) in [5, 5.41) is 0. The molecule has 1 amide bonds. The van der Waals surface area contributed by atoms with Gasteiger partial charge in [0.1, 0.15) is 0 Å². The Morgan fingerprint density at radius 1 is 1.30 bits per heavy atom. The second-order valence-corrected chi connectivity index (χ2v) is 6.13. The third kappa shape index (κ3) is 2.77. The van der Waals surface area contributed by atoms with E-state index in [1.807, 2.05) is 24.5 Å². The number of carbonyl (C=O) groups is 1. The lowest BCUT2D eigenvalue weighted by Gasteiger charge is -2.30. The van der Waals surface area contributed by atoms with Crippen LogP contribution in [0.2, 0.25) is 0 Å². The minimum atomic E-state index is 0.266. The van der Waals surface area contributed by atoms with Crippen LogP contribution in [0.3, 0.4) is 0 Å². The second kappa shape index (κ2) is 5.78. The summed E-state index contributed by atoms with van der Waals surface area (Å²) in [6.07, 6.45) is 10.2. The van der Waals surface area contributed by atoms with Crippen LogP contribution < -0.4 is 0 Å². The summed E-state index contributed by atoms with van der Waals surface area (Å²) < 4.78 is 0. The first kappa shape index (κ1) is 13.3. The molecule has 1 fully saturated rings. The van der Waals surface area contributed by atoms with Gasteiger partial charge in [0, 0.05) is 31.4 Å². The van der Waals surface area contributed by atoms with E-state index in [0.29, 0.717) is 11.8 Å². The van der Waals surface area contributed by atoms with Crippen LogP contribution in [0.5, 0.6) is 0 Å². The summed E-state index contributed by atoms with van der Waals surface area (Å²) in [6.45, 7) is 3.89. The van der Waals surface area contributed by atoms with Gasteiger partial charge in [0.2, 0.25) is 5.91 Å². The molecule has 2 atom stereocenters. The summed E-state index contributed by atoms with van der Waals surface area (Å²) in [4.78, 5) is 18.7.